The second-order valence-corrected chi connectivity index (χ2v) is 7.80. The van der Waals surface area contributed by atoms with Crippen LogP contribution in [0.1, 0.15) is 34.4 Å². The minimum Gasteiger partial charge on any atom is -0.317 e. The SMILES string of the molecule is Cc1cc(C)n(CCc2nnc(NC(=O)N3CCC3c3ccccc3)s2)n1. The van der Waals surface area contributed by atoms with Crippen molar-refractivity contribution in [3.8, 4) is 0 Å². The maximum Gasteiger partial charge on any atom is 0.324 e. The van der Waals surface area contributed by atoms with Gasteiger partial charge in [-0.2, -0.15) is 5.10 Å². The van der Waals surface area contributed by atoms with Gasteiger partial charge in [0.2, 0.25) is 5.13 Å². The molecule has 1 atom stereocenters. The molecule has 0 aliphatic carbocycles. The first-order valence-corrected chi connectivity index (χ1v) is 9.88. The number of carbonyl (C=O) groups is 1. The van der Waals surface area contributed by atoms with Crippen LogP contribution in [-0.4, -0.2) is 37.5 Å². The molecule has 8 heteroatoms. The first-order valence-electron chi connectivity index (χ1n) is 9.06. The quantitative estimate of drug-likeness (QED) is 0.732. The summed E-state index contributed by atoms with van der Waals surface area (Å²) < 4.78 is 1.97. The Hall–Kier alpha value is -2.74. The van der Waals surface area contributed by atoms with Crippen molar-refractivity contribution < 1.29 is 4.79 Å². The van der Waals surface area contributed by atoms with Gasteiger partial charge in [-0.25, -0.2) is 4.79 Å². The normalized spacial score (nSPS) is 16.2. The van der Waals surface area contributed by atoms with Crippen LogP contribution in [-0.2, 0) is 13.0 Å². The summed E-state index contributed by atoms with van der Waals surface area (Å²) in [6.07, 6.45) is 1.73. The van der Waals surface area contributed by atoms with Crippen LogP contribution < -0.4 is 5.32 Å². The smallest absolute Gasteiger partial charge is 0.317 e. The molecule has 2 amide bonds. The topological polar surface area (TPSA) is 75.9 Å². The number of hydrogen-bond acceptors (Lipinski definition) is 5. The van der Waals surface area contributed by atoms with Crippen LogP contribution in [0.2, 0.25) is 0 Å². The van der Waals surface area contributed by atoms with Crippen LogP contribution in [0.25, 0.3) is 0 Å². The molecule has 0 radical (unpaired) electrons. The Morgan fingerprint density at radius 3 is 2.74 bits per heavy atom. The van der Waals surface area contributed by atoms with E-state index >= 15 is 0 Å². The van der Waals surface area contributed by atoms with E-state index in [1.165, 1.54) is 16.9 Å². The van der Waals surface area contributed by atoms with Gasteiger partial charge in [-0.05, 0) is 31.9 Å². The maximum absolute atomic E-state index is 12.6. The number of nitrogens with zero attached hydrogens (tertiary/aromatic N) is 5. The molecule has 3 heterocycles. The number of anilines is 1. The lowest BCUT2D eigenvalue weighted by Gasteiger charge is -2.40. The van der Waals surface area contributed by atoms with Gasteiger partial charge < -0.3 is 4.90 Å². The van der Waals surface area contributed by atoms with Crippen molar-refractivity contribution in [1.82, 2.24) is 24.9 Å². The van der Waals surface area contributed by atoms with Gasteiger partial charge in [0.15, 0.2) is 0 Å². The molecule has 1 aliphatic heterocycles. The fourth-order valence-corrected chi connectivity index (χ4v) is 4.04. The zero-order valence-electron chi connectivity index (χ0n) is 15.4. The van der Waals surface area contributed by atoms with Crippen LogP contribution in [0.15, 0.2) is 36.4 Å². The number of likely N-dealkylation sites (tertiary alicyclic amines) is 1. The molecule has 1 unspecified atom stereocenters. The fourth-order valence-electron chi connectivity index (χ4n) is 3.32. The summed E-state index contributed by atoms with van der Waals surface area (Å²) in [6, 6.07) is 12.2. The minimum atomic E-state index is -0.114. The molecule has 1 aromatic carbocycles. The Balaban J connectivity index is 1.34. The first kappa shape index (κ1) is 17.7. The van der Waals surface area contributed by atoms with E-state index in [4.69, 9.17) is 0 Å². The molecule has 2 aromatic heterocycles. The van der Waals surface area contributed by atoms with Crippen molar-refractivity contribution in [3.63, 3.8) is 0 Å². The molecular formula is C19H22N6OS. The molecular weight excluding hydrogens is 360 g/mol. The van der Waals surface area contributed by atoms with E-state index in [9.17, 15) is 4.79 Å². The third-order valence-electron chi connectivity index (χ3n) is 4.79. The second-order valence-electron chi connectivity index (χ2n) is 6.74. The van der Waals surface area contributed by atoms with Gasteiger partial charge in [-0.3, -0.25) is 10.00 Å². The van der Waals surface area contributed by atoms with Crippen molar-refractivity contribution in [2.45, 2.75) is 39.3 Å². The van der Waals surface area contributed by atoms with E-state index in [0.717, 1.165) is 42.3 Å². The van der Waals surface area contributed by atoms with Crippen LogP contribution in [0, 0.1) is 13.8 Å². The maximum atomic E-state index is 12.6. The lowest BCUT2D eigenvalue weighted by Crippen LogP contribution is -2.47. The van der Waals surface area contributed by atoms with E-state index in [1.54, 1.807) is 0 Å². The summed E-state index contributed by atoms with van der Waals surface area (Å²) in [7, 11) is 0. The van der Waals surface area contributed by atoms with Crippen molar-refractivity contribution in [2.75, 3.05) is 11.9 Å². The zero-order valence-corrected chi connectivity index (χ0v) is 16.2. The Bertz CT molecular complexity index is 935. The fraction of sp³-hybridized carbons (Fsp3) is 0.368. The number of amides is 2. The van der Waals surface area contributed by atoms with Crippen LogP contribution in [0.3, 0.4) is 0 Å². The first-order chi connectivity index (χ1) is 13.1. The van der Waals surface area contributed by atoms with Gasteiger partial charge in [0, 0.05) is 25.2 Å². The minimum absolute atomic E-state index is 0.114. The third-order valence-corrected chi connectivity index (χ3v) is 5.68. The van der Waals surface area contributed by atoms with E-state index < -0.39 is 0 Å². The predicted octanol–water partition coefficient (Wildman–Crippen LogP) is 3.57. The highest BCUT2D eigenvalue weighted by Gasteiger charge is 2.33. The highest BCUT2D eigenvalue weighted by Crippen LogP contribution is 2.33. The molecule has 1 saturated heterocycles. The predicted molar refractivity (Wildman–Crippen MR) is 105 cm³/mol. The molecule has 140 valence electrons. The second kappa shape index (κ2) is 7.48. The van der Waals surface area contributed by atoms with Gasteiger partial charge in [0.05, 0.1) is 11.7 Å². The van der Waals surface area contributed by atoms with Crippen molar-refractivity contribution >= 4 is 22.5 Å². The molecule has 4 rings (SSSR count). The highest BCUT2D eigenvalue weighted by molar-refractivity contribution is 7.15. The van der Waals surface area contributed by atoms with Crippen molar-refractivity contribution in [2.24, 2.45) is 0 Å². The number of rotatable bonds is 5. The molecule has 0 spiro atoms. The number of aromatic nitrogens is 4. The van der Waals surface area contributed by atoms with Gasteiger partial charge in [0.1, 0.15) is 5.01 Å². The van der Waals surface area contributed by atoms with E-state index in [2.05, 4.69) is 38.8 Å². The Labute approximate surface area is 162 Å². The summed E-state index contributed by atoms with van der Waals surface area (Å²) in [6.45, 7) is 5.54. The number of nitrogens with one attached hydrogen (secondary N) is 1. The lowest BCUT2D eigenvalue weighted by atomic mass is 9.95. The monoisotopic (exact) mass is 382 g/mol. The van der Waals surface area contributed by atoms with Crippen LogP contribution in [0.5, 0.6) is 0 Å². The van der Waals surface area contributed by atoms with Gasteiger partial charge >= 0.3 is 6.03 Å². The standard InChI is InChI=1S/C19H22N6OS/c1-13-12-14(2)25(23-13)11-9-17-21-22-18(27-17)20-19(26)24-10-8-16(24)15-6-4-3-5-7-15/h3-7,12,16H,8-11H2,1-2H3,(H,20,22,26). The summed E-state index contributed by atoms with van der Waals surface area (Å²) in [5.41, 5.74) is 3.32. The van der Waals surface area contributed by atoms with Crippen molar-refractivity contribution in [3.05, 3.63) is 58.4 Å². The number of aryl methyl sites for hydroxylation is 4. The Morgan fingerprint density at radius 2 is 2.07 bits per heavy atom. The van der Waals surface area contributed by atoms with Crippen LogP contribution >= 0.6 is 11.3 Å². The Morgan fingerprint density at radius 1 is 1.26 bits per heavy atom. The largest absolute Gasteiger partial charge is 0.324 e. The summed E-state index contributed by atoms with van der Waals surface area (Å²) in [5, 5.41) is 17.1. The summed E-state index contributed by atoms with van der Waals surface area (Å²) in [5.74, 6) is 0. The average molecular weight is 382 g/mol. The zero-order chi connectivity index (χ0) is 18.8. The molecule has 0 bridgehead atoms. The van der Waals surface area contributed by atoms with Gasteiger partial charge in [-0.15, -0.1) is 10.2 Å². The molecule has 27 heavy (non-hydrogen) atoms. The van der Waals surface area contributed by atoms with Crippen molar-refractivity contribution in [1.29, 1.82) is 0 Å². The molecule has 0 saturated carbocycles. The van der Waals surface area contributed by atoms with Gasteiger partial charge in [0.25, 0.3) is 0 Å². The molecule has 1 aliphatic rings. The molecule has 1 N–H and O–H groups in total. The summed E-state index contributed by atoms with van der Waals surface area (Å²) in [4.78, 5) is 14.4. The third kappa shape index (κ3) is 3.85. The van der Waals surface area contributed by atoms with Crippen LogP contribution in [0.4, 0.5) is 9.93 Å². The molecule has 1 fully saturated rings. The average Bonchev–Trinajstić information content (AvgIpc) is 3.18. The Kier molecular flexibility index (Phi) is 4.89. The number of benzene rings is 1. The number of carbonyl (C=O) groups excluding carboxylic acids is 1. The number of urea groups is 1. The van der Waals surface area contributed by atoms with Gasteiger partial charge in [-0.1, -0.05) is 41.7 Å². The lowest BCUT2D eigenvalue weighted by molar-refractivity contribution is 0.126. The van der Waals surface area contributed by atoms with E-state index in [-0.39, 0.29) is 12.1 Å². The van der Waals surface area contributed by atoms with E-state index in [1.807, 2.05) is 41.6 Å². The molecule has 3 aromatic rings. The summed E-state index contributed by atoms with van der Waals surface area (Å²) >= 11 is 1.42. The van der Waals surface area contributed by atoms with E-state index in [0.29, 0.717) is 5.13 Å². The number of hydrogen-bond donors (Lipinski definition) is 1. The highest BCUT2D eigenvalue weighted by atomic mass is 32.1. The molecule has 7 nitrogen and oxygen atoms in total.